The predicted molar refractivity (Wildman–Crippen MR) is 115 cm³/mol. The van der Waals surface area contributed by atoms with Gasteiger partial charge in [-0.05, 0) is 34.9 Å². The Kier molecular flexibility index (Phi) is 2.81. The fourth-order valence-corrected chi connectivity index (χ4v) is 4.53. The number of hydrogen-bond donors (Lipinski definition) is 0. The number of rotatable bonds is 1. The standard InChI is InChI=1S/C26H17N/c1-2-17-14-15-25-23(16-17)19-9-4-3-8-18(19)21-11-7-12-22-20-10-5-6-13-24(20)27(25)26(21)22/h2-16H,1H2. The quantitative estimate of drug-likeness (QED) is 0.301. The maximum atomic E-state index is 3.97. The summed E-state index contributed by atoms with van der Waals surface area (Å²) in [6.45, 7) is 3.97. The molecule has 0 N–H and O–H groups in total. The van der Waals surface area contributed by atoms with Crippen molar-refractivity contribution in [2.45, 2.75) is 0 Å². The molecule has 4 aromatic carbocycles. The third-order valence-electron chi connectivity index (χ3n) is 5.70. The van der Waals surface area contributed by atoms with E-state index < -0.39 is 0 Å². The van der Waals surface area contributed by atoms with Crippen LogP contribution in [0.5, 0.6) is 0 Å². The van der Waals surface area contributed by atoms with Crippen LogP contribution >= 0.6 is 0 Å². The number of fused-ring (bicyclic) bond motifs is 8. The van der Waals surface area contributed by atoms with E-state index in [4.69, 9.17) is 0 Å². The summed E-state index contributed by atoms with van der Waals surface area (Å²) in [5.74, 6) is 0. The van der Waals surface area contributed by atoms with Gasteiger partial charge in [0, 0.05) is 21.9 Å². The summed E-state index contributed by atoms with van der Waals surface area (Å²) in [5.41, 5.74) is 10.0. The van der Waals surface area contributed by atoms with Crippen molar-refractivity contribution in [3.63, 3.8) is 0 Å². The van der Waals surface area contributed by atoms with Gasteiger partial charge in [0.25, 0.3) is 0 Å². The minimum absolute atomic E-state index is 1.14. The second-order valence-electron chi connectivity index (χ2n) is 7.08. The highest BCUT2D eigenvalue weighted by Gasteiger charge is 2.23. The Labute approximate surface area is 157 Å². The van der Waals surface area contributed by atoms with Crippen molar-refractivity contribution < 1.29 is 0 Å². The van der Waals surface area contributed by atoms with E-state index in [0.717, 1.165) is 5.56 Å². The summed E-state index contributed by atoms with van der Waals surface area (Å²) in [6, 6.07) is 30.7. The summed E-state index contributed by atoms with van der Waals surface area (Å²) in [7, 11) is 0. The van der Waals surface area contributed by atoms with Gasteiger partial charge in [-0.1, -0.05) is 79.4 Å². The number of hydrogen-bond acceptors (Lipinski definition) is 0. The van der Waals surface area contributed by atoms with E-state index in [1.807, 2.05) is 6.08 Å². The van der Waals surface area contributed by atoms with Gasteiger partial charge in [0.2, 0.25) is 0 Å². The van der Waals surface area contributed by atoms with Crippen LogP contribution in [0.25, 0.3) is 55.8 Å². The van der Waals surface area contributed by atoms with Crippen LogP contribution in [0.3, 0.4) is 0 Å². The summed E-state index contributed by atoms with van der Waals surface area (Å²) >= 11 is 0. The lowest BCUT2D eigenvalue weighted by atomic mass is 9.93. The smallest absolute Gasteiger partial charge is 0.0619 e. The maximum absolute atomic E-state index is 3.97. The lowest BCUT2D eigenvalue weighted by molar-refractivity contribution is 1.19. The molecule has 0 unspecified atom stereocenters. The fraction of sp³-hybridized carbons (Fsp3) is 0. The third-order valence-corrected chi connectivity index (χ3v) is 5.70. The van der Waals surface area contributed by atoms with E-state index in [0.29, 0.717) is 0 Å². The van der Waals surface area contributed by atoms with Gasteiger partial charge < -0.3 is 4.57 Å². The average Bonchev–Trinajstić information content (AvgIpc) is 3.01. The van der Waals surface area contributed by atoms with E-state index in [2.05, 4.69) is 96.1 Å². The van der Waals surface area contributed by atoms with Gasteiger partial charge in [-0.3, -0.25) is 0 Å². The van der Waals surface area contributed by atoms with Crippen LogP contribution in [0.1, 0.15) is 5.56 Å². The topological polar surface area (TPSA) is 4.93 Å². The van der Waals surface area contributed by atoms with Gasteiger partial charge in [0.1, 0.15) is 0 Å². The molecule has 1 nitrogen and oxygen atoms in total. The van der Waals surface area contributed by atoms with E-state index >= 15 is 0 Å². The van der Waals surface area contributed by atoms with Crippen LogP contribution in [0.15, 0.2) is 91.5 Å². The lowest BCUT2D eigenvalue weighted by Gasteiger charge is -2.13. The molecule has 1 heteroatoms. The molecule has 0 amide bonds. The van der Waals surface area contributed by atoms with Crippen LogP contribution in [0, 0.1) is 0 Å². The number of benzene rings is 4. The second-order valence-corrected chi connectivity index (χ2v) is 7.08. The van der Waals surface area contributed by atoms with E-state index in [1.54, 1.807) is 0 Å². The molecule has 1 aliphatic heterocycles. The largest absolute Gasteiger partial charge is 0.308 e. The Hall–Kier alpha value is -3.58. The molecule has 1 aliphatic rings. The first kappa shape index (κ1) is 14.6. The first-order valence-corrected chi connectivity index (χ1v) is 9.25. The third kappa shape index (κ3) is 1.83. The van der Waals surface area contributed by atoms with Crippen molar-refractivity contribution in [1.29, 1.82) is 0 Å². The van der Waals surface area contributed by atoms with Gasteiger partial charge >= 0.3 is 0 Å². The molecule has 1 aromatic heterocycles. The van der Waals surface area contributed by atoms with Crippen LogP contribution in [0.2, 0.25) is 0 Å². The maximum Gasteiger partial charge on any atom is 0.0619 e. The van der Waals surface area contributed by atoms with Crippen LogP contribution < -0.4 is 0 Å². The van der Waals surface area contributed by atoms with Gasteiger partial charge in [-0.25, -0.2) is 0 Å². The molecule has 0 fully saturated rings. The second kappa shape index (κ2) is 5.21. The minimum atomic E-state index is 1.14. The molecule has 0 atom stereocenters. The summed E-state index contributed by atoms with van der Waals surface area (Å²) in [4.78, 5) is 0. The zero-order valence-corrected chi connectivity index (χ0v) is 14.8. The first-order valence-electron chi connectivity index (χ1n) is 9.25. The van der Waals surface area contributed by atoms with E-state index in [1.165, 1.54) is 49.7 Å². The van der Waals surface area contributed by atoms with Gasteiger partial charge in [0.05, 0.1) is 16.7 Å². The van der Waals surface area contributed by atoms with Crippen molar-refractivity contribution in [2.24, 2.45) is 0 Å². The Bertz CT molecular complexity index is 1380. The van der Waals surface area contributed by atoms with E-state index in [9.17, 15) is 0 Å². The van der Waals surface area contributed by atoms with Gasteiger partial charge in [-0.2, -0.15) is 0 Å². The highest BCUT2D eigenvalue weighted by atomic mass is 15.0. The van der Waals surface area contributed by atoms with Crippen LogP contribution in [0.4, 0.5) is 0 Å². The van der Waals surface area contributed by atoms with E-state index in [-0.39, 0.29) is 0 Å². The fourth-order valence-electron chi connectivity index (χ4n) is 4.53. The number of aromatic nitrogens is 1. The summed E-state index contributed by atoms with van der Waals surface area (Å²) in [6.07, 6.45) is 1.92. The molecule has 0 spiro atoms. The zero-order chi connectivity index (χ0) is 18.0. The van der Waals surface area contributed by atoms with Gasteiger partial charge in [0.15, 0.2) is 0 Å². The monoisotopic (exact) mass is 343 g/mol. The Morgan fingerprint density at radius 1 is 0.630 bits per heavy atom. The normalized spacial score (nSPS) is 11.9. The molecule has 6 rings (SSSR count). The van der Waals surface area contributed by atoms with Crippen molar-refractivity contribution >= 4 is 27.9 Å². The highest BCUT2D eigenvalue weighted by molar-refractivity contribution is 6.16. The van der Waals surface area contributed by atoms with Gasteiger partial charge in [-0.15, -0.1) is 0 Å². The van der Waals surface area contributed by atoms with Crippen LogP contribution in [-0.2, 0) is 0 Å². The van der Waals surface area contributed by atoms with Crippen molar-refractivity contribution in [2.75, 3.05) is 0 Å². The van der Waals surface area contributed by atoms with Crippen LogP contribution in [-0.4, -0.2) is 4.57 Å². The molecule has 0 bridgehead atoms. The minimum Gasteiger partial charge on any atom is -0.308 e. The molecule has 126 valence electrons. The lowest BCUT2D eigenvalue weighted by Crippen LogP contribution is -1.96. The SMILES string of the molecule is C=Cc1ccc2c(c1)-c1ccccc1-c1cccc3c4ccccc4n-2c13. The molecule has 27 heavy (non-hydrogen) atoms. The van der Waals surface area contributed by atoms with Crippen molar-refractivity contribution in [3.8, 4) is 27.9 Å². The predicted octanol–water partition coefficient (Wildman–Crippen LogP) is 7.07. The Balaban J connectivity index is 1.94. The molecule has 2 heterocycles. The summed E-state index contributed by atoms with van der Waals surface area (Å²) in [5, 5.41) is 2.60. The molecule has 0 saturated heterocycles. The molecule has 0 radical (unpaired) electrons. The average molecular weight is 343 g/mol. The Morgan fingerprint density at radius 3 is 2.19 bits per heavy atom. The highest BCUT2D eigenvalue weighted by Crippen LogP contribution is 2.46. The molecule has 0 aliphatic carbocycles. The van der Waals surface area contributed by atoms with Crippen molar-refractivity contribution in [3.05, 3.63) is 97.1 Å². The van der Waals surface area contributed by atoms with Crippen molar-refractivity contribution in [1.82, 2.24) is 4.57 Å². The Morgan fingerprint density at radius 2 is 1.33 bits per heavy atom. The number of para-hydroxylation sites is 2. The molecular formula is C26H17N. The zero-order valence-electron chi connectivity index (χ0n) is 14.8. The first-order chi connectivity index (χ1) is 13.4. The molecular weight excluding hydrogens is 326 g/mol. The molecule has 0 saturated carbocycles. The molecule has 5 aromatic rings. The summed E-state index contributed by atoms with van der Waals surface area (Å²) < 4.78 is 2.43. The number of nitrogens with zero attached hydrogens (tertiary/aromatic N) is 1.